The van der Waals surface area contributed by atoms with E-state index in [1.54, 1.807) is 0 Å². The highest BCUT2D eigenvalue weighted by Gasteiger charge is 2.43. The van der Waals surface area contributed by atoms with Gasteiger partial charge in [-0.05, 0) is 48.9 Å². The fraction of sp³-hybridized carbons (Fsp3) is 0.440. The first-order valence-corrected chi connectivity index (χ1v) is 11.0. The Hall–Kier alpha value is -2.82. The highest BCUT2D eigenvalue weighted by Crippen LogP contribution is 2.47. The molecule has 0 spiro atoms. The van der Waals surface area contributed by atoms with Crippen molar-refractivity contribution in [3.05, 3.63) is 59.7 Å². The van der Waals surface area contributed by atoms with Crippen molar-refractivity contribution >= 4 is 23.2 Å². The Morgan fingerprint density at radius 1 is 0.967 bits per heavy atom. The van der Waals surface area contributed by atoms with Gasteiger partial charge in [0.1, 0.15) is 0 Å². The lowest BCUT2D eigenvalue weighted by molar-refractivity contribution is -0.117. The van der Waals surface area contributed by atoms with Crippen LogP contribution in [0.15, 0.2) is 48.5 Å². The standard InChI is InChI=1S/C25H31N3O2/c1-28(2)23-14-13-19(15-22(23)25(30)26-18-11-7-4-8-12-18)27-24(29)21-16-20(21)17-9-5-3-6-10-17/h3,5-6,9-10,13-15,18,20-21H,4,7-8,11-12,16H2,1-2H3,(H,26,30)(H,27,29). The fourth-order valence-corrected chi connectivity index (χ4v) is 4.48. The molecule has 0 heterocycles. The molecule has 2 saturated carbocycles. The van der Waals surface area contributed by atoms with Crippen molar-refractivity contribution in [1.82, 2.24) is 5.32 Å². The number of rotatable bonds is 6. The second kappa shape index (κ2) is 8.90. The number of benzene rings is 2. The van der Waals surface area contributed by atoms with Gasteiger partial charge in [-0.2, -0.15) is 0 Å². The maximum atomic E-state index is 13.0. The molecule has 2 amide bonds. The first kappa shape index (κ1) is 20.5. The van der Waals surface area contributed by atoms with Crippen molar-refractivity contribution in [3.8, 4) is 0 Å². The van der Waals surface area contributed by atoms with Gasteiger partial charge in [0.15, 0.2) is 0 Å². The van der Waals surface area contributed by atoms with Crippen molar-refractivity contribution in [2.24, 2.45) is 5.92 Å². The first-order chi connectivity index (χ1) is 14.5. The number of nitrogens with zero attached hydrogens (tertiary/aromatic N) is 1. The zero-order chi connectivity index (χ0) is 21.1. The van der Waals surface area contributed by atoms with Crippen LogP contribution >= 0.6 is 0 Å². The smallest absolute Gasteiger partial charge is 0.253 e. The largest absolute Gasteiger partial charge is 0.377 e. The Balaban J connectivity index is 1.45. The monoisotopic (exact) mass is 405 g/mol. The van der Waals surface area contributed by atoms with E-state index in [4.69, 9.17) is 0 Å². The molecule has 2 aromatic rings. The summed E-state index contributed by atoms with van der Waals surface area (Å²) in [6.45, 7) is 0. The average molecular weight is 406 g/mol. The van der Waals surface area contributed by atoms with E-state index in [9.17, 15) is 9.59 Å². The number of nitrogens with one attached hydrogen (secondary N) is 2. The summed E-state index contributed by atoms with van der Waals surface area (Å²) in [5.41, 5.74) is 3.36. The predicted octanol–water partition coefficient (Wildman–Crippen LogP) is 4.56. The van der Waals surface area contributed by atoms with E-state index >= 15 is 0 Å². The van der Waals surface area contributed by atoms with Crippen LogP contribution in [0.25, 0.3) is 0 Å². The summed E-state index contributed by atoms with van der Waals surface area (Å²) in [4.78, 5) is 27.7. The highest BCUT2D eigenvalue weighted by molar-refractivity contribution is 6.02. The molecule has 2 aromatic carbocycles. The summed E-state index contributed by atoms with van der Waals surface area (Å²) in [7, 11) is 3.86. The maximum Gasteiger partial charge on any atom is 0.253 e. The summed E-state index contributed by atoms with van der Waals surface area (Å²) in [5.74, 6) is 0.261. The maximum absolute atomic E-state index is 13.0. The molecule has 5 heteroatoms. The van der Waals surface area contributed by atoms with E-state index in [1.165, 1.54) is 24.8 Å². The van der Waals surface area contributed by atoms with E-state index in [-0.39, 0.29) is 23.8 Å². The van der Waals surface area contributed by atoms with Crippen molar-refractivity contribution in [2.75, 3.05) is 24.3 Å². The van der Waals surface area contributed by atoms with Crippen LogP contribution in [-0.2, 0) is 4.79 Å². The van der Waals surface area contributed by atoms with Crippen LogP contribution in [-0.4, -0.2) is 32.0 Å². The van der Waals surface area contributed by atoms with E-state index in [0.29, 0.717) is 17.2 Å². The van der Waals surface area contributed by atoms with Crippen LogP contribution in [0.1, 0.15) is 60.4 Å². The molecule has 0 radical (unpaired) electrons. The molecule has 2 fully saturated rings. The highest BCUT2D eigenvalue weighted by atomic mass is 16.2. The molecule has 30 heavy (non-hydrogen) atoms. The van der Waals surface area contributed by atoms with Gasteiger partial charge in [0, 0.05) is 37.4 Å². The van der Waals surface area contributed by atoms with Crippen LogP contribution in [0.4, 0.5) is 11.4 Å². The van der Waals surface area contributed by atoms with Gasteiger partial charge in [0.05, 0.1) is 5.56 Å². The van der Waals surface area contributed by atoms with Crippen molar-refractivity contribution in [3.63, 3.8) is 0 Å². The second-order valence-electron chi connectivity index (χ2n) is 8.78. The number of amides is 2. The lowest BCUT2D eigenvalue weighted by Crippen LogP contribution is -2.36. The van der Waals surface area contributed by atoms with Gasteiger partial charge in [0.2, 0.25) is 5.91 Å². The second-order valence-corrected chi connectivity index (χ2v) is 8.78. The third kappa shape index (κ3) is 4.66. The minimum Gasteiger partial charge on any atom is -0.377 e. The Bertz CT molecular complexity index is 904. The zero-order valence-corrected chi connectivity index (χ0v) is 17.9. The quantitative estimate of drug-likeness (QED) is 0.741. The van der Waals surface area contributed by atoms with Gasteiger partial charge in [0.25, 0.3) is 5.91 Å². The Morgan fingerprint density at radius 2 is 1.70 bits per heavy atom. The predicted molar refractivity (Wildman–Crippen MR) is 121 cm³/mol. The lowest BCUT2D eigenvalue weighted by Gasteiger charge is -2.24. The number of carbonyl (C=O) groups is 2. The molecular weight excluding hydrogens is 374 g/mol. The molecule has 2 N–H and O–H groups in total. The van der Waals surface area contributed by atoms with Crippen LogP contribution in [0.5, 0.6) is 0 Å². The van der Waals surface area contributed by atoms with Crippen LogP contribution in [0.2, 0.25) is 0 Å². The minimum absolute atomic E-state index is 0.000408. The molecule has 2 aliphatic carbocycles. The normalized spacial score (nSPS) is 21.0. The van der Waals surface area contributed by atoms with Gasteiger partial charge < -0.3 is 15.5 Å². The third-order valence-electron chi connectivity index (χ3n) is 6.29. The summed E-state index contributed by atoms with van der Waals surface area (Å²) in [5, 5.41) is 6.23. The summed E-state index contributed by atoms with van der Waals surface area (Å²) < 4.78 is 0. The Labute approximate surface area is 178 Å². The van der Waals surface area contributed by atoms with Gasteiger partial charge in [-0.3, -0.25) is 9.59 Å². The first-order valence-electron chi connectivity index (χ1n) is 11.0. The summed E-state index contributed by atoms with van der Waals surface area (Å²) in [6, 6.07) is 16.0. The average Bonchev–Trinajstić information content (AvgIpc) is 3.56. The molecule has 2 atom stereocenters. The van der Waals surface area contributed by atoms with Gasteiger partial charge >= 0.3 is 0 Å². The van der Waals surface area contributed by atoms with E-state index in [0.717, 1.165) is 24.9 Å². The van der Waals surface area contributed by atoms with E-state index in [2.05, 4.69) is 22.8 Å². The van der Waals surface area contributed by atoms with Crippen molar-refractivity contribution in [2.45, 2.75) is 50.5 Å². The molecule has 2 unspecified atom stereocenters. The molecule has 0 saturated heterocycles. The topological polar surface area (TPSA) is 61.4 Å². The number of hydrogen-bond donors (Lipinski definition) is 2. The lowest BCUT2D eigenvalue weighted by atomic mass is 9.95. The molecule has 158 valence electrons. The van der Waals surface area contributed by atoms with Gasteiger partial charge in [-0.15, -0.1) is 0 Å². The SMILES string of the molecule is CN(C)c1ccc(NC(=O)C2CC2c2ccccc2)cc1C(=O)NC1CCCCC1. The van der Waals surface area contributed by atoms with Crippen LogP contribution < -0.4 is 15.5 Å². The van der Waals surface area contributed by atoms with Gasteiger partial charge in [-0.25, -0.2) is 0 Å². The van der Waals surface area contributed by atoms with E-state index in [1.807, 2.05) is 55.4 Å². The summed E-state index contributed by atoms with van der Waals surface area (Å²) in [6.07, 6.45) is 6.56. The number of hydrogen-bond acceptors (Lipinski definition) is 3. The Morgan fingerprint density at radius 3 is 2.40 bits per heavy atom. The molecule has 0 aromatic heterocycles. The number of carbonyl (C=O) groups excluding carboxylic acids is 2. The molecule has 4 rings (SSSR count). The van der Waals surface area contributed by atoms with E-state index < -0.39 is 0 Å². The molecule has 0 bridgehead atoms. The Kier molecular flexibility index (Phi) is 6.07. The summed E-state index contributed by atoms with van der Waals surface area (Å²) >= 11 is 0. The van der Waals surface area contributed by atoms with Crippen LogP contribution in [0, 0.1) is 5.92 Å². The van der Waals surface area contributed by atoms with Crippen molar-refractivity contribution < 1.29 is 9.59 Å². The number of anilines is 2. The zero-order valence-electron chi connectivity index (χ0n) is 17.9. The third-order valence-corrected chi connectivity index (χ3v) is 6.29. The molecule has 5 nitrogen and oxygen atoms in total. The van der Waals surface area contributed by atoms with Gasteiger partial charge in [-0.1, -0.05) is 49.6 Å². The van der Waals surface area contributed by atoms with Crippen LogP contribution in [0.3, 0.4) is 0 Å². The minimum atomic E-state index is -0.0599. The van der Waals surface area contributed by atoms with Crippen molar-refractivity contribution in [1.29, 1.82) is 0 Å². The molecule has 2 aliphatic rings. The molecule has 0 aliphatic heterocycles. The molecular formula is C25H31N3O2. The fourth-order valence-electron chi connectivity index (χ4n) is 4.48.